The lowest BCUT2D eigenvalue weighted by Crippen LogP contribution is -2.40. The number of nitrogens with two attached hydrogens (primary N) is 1. The van der Waals surface area contributed by atoms with Crippen LogP contribution in [0.1, 0.15) is 38.8 Å². The van der Waals surface area contributed by atoms with E-state index >= 15 is 0 Å². The quantitative estimate of drug-likeness (QED) is 0.715. The van der Waals surface area contributed by atoms with Gasteiger partial charge in [-0.1, -0.05) is 6.07 Å². The van der Waals surface area contributed by atoms with Crippen LogP contribution < -0.4 is 15.8 Å². The molecule has 1 aliphatic heterocycles. The van der Waals surface area contributed by atoms with E-state index < -0.39 is 0 Å². The van der Waals surface area contributed by atoms with E-state index in [1.165, 1.54) is 0 Å². The third-order valence-corrected chi connectivity index (χ3v) is 2.72. The van der Waals surface area contributed by atoms with Crippen molar-refractivity contribution in [1.82, 2.24) is 5.32 Å². The summed E-state index contributed by atoms with van der Waals surface area (Å²) in [7, 11) is 0. The molecule has 88 valence electrons. The number of benzene rings is 1. The normalized spacial score (nSPS) is 20.1. The molecule has 0 aliphatic carbocycles. The van der Waals surface area contributed by atoms with Gasteiger partial charge in [-0.2, -0.15) is 0 Å². The Kier molecular flexibility index (Phi) is 2.80. The molecule has 0 radical (unpaired) electrons. The van der Waals surface area contributed by atoms with Gasteiger partial charge in [0.2, 0.25) is 0 Å². The molecular formula is C13H20N2O. The molecule has 1 aliphatic rings. The zero-order valence-electron chi connectivity index (χ0n) is 10.2. The van der Waals surface area contributed by atoms with Gasteiger partial charge >= 0.3 is 0 Å². The van der Waals surface area contributed by atoms with Gasteiger partial charge in [0.25, 0.3) is 0 Å². The average molecular weight is 220 g/mol. The monoisotopic (exact) mass is 220 g/mol. The zero-order valence-corrected chi connectivity index (χ0v) is 10.2. The summed E-state index contributed by atoms with van der Waals surface area (Å²) in [5.41, 5.74) is 8.05. The minimum absolute atomic E-state index is 0.0849. The van der Waals surface area contributed by atoms with Crippen molar-refractivity contribution in [3.05, 3.63) is 23.8 Å². The van der Waals surface area contributed by atoms with Gasteiger partial charge in [-0.15, -0.1) is 0 Å². The molecule has 0 saturated heterocycles. The Labute approximate surface area is 97.0 Å². The van der Waals surface area contributed by atoms with Crippen molar-refractivity contribution in [2.24, 2.45) is 0 Å². The maximum absolute atomic E-state index is 6.03. The van der Waals surface area contributed by atoms with Crippen LogP contribution in [-0.2, 0) is 0 Å². The van der Waals surface area contributed by atoms with E-state index in [1.54, 1.807) is 0 Å². The van der Waals surface area contributed by atoms with Crippen LogP contribution in [0, 0.1) is 0 Å². The number of ether oxygens (including phenoxy) is 1. The van der Waals surface area contributed by atoms with Gasteiger partial charge < -0.3 is 15.8 Å². The number of rotatable bonds is 1. The van der Waals surface area contributed by atoms with E-state index in [1.807, 2.05) is 18.2 Å². The third kappa shape index (κ3) is 2.30. The Bertz CT molecular complexity index is 382. The van der Waals surface area contributed by atoms with Crippen molar-refractivity contribution < 1.29 is 4.74 Å². The van der Waals surface area contributed by atoms with Crippen molar-refractivity contribution >= 4 is 5.69 Å². The lowest BCUT2D eigenvalue weighted by Gasteiger charge is -2.33. The van der Waals surface area contributed by atoms with E-state index in [2.05, 4.69) is 26.1 Å². The van der Waals surface area contributed by atoms with Gasteiger partial charge in [-0.05, 0) is 32.9 Å². The maximum Gasteiger partial charge on any atom is 0.126 e. The van der Waals surface area contributed by atoms with Crippen LogP contribution in [0.25, 0.3) is 0 Å². The Morgan fingerprint density at radius 2 is 2.12 bits per heavy atom. The molecule has 2 rings (SSSR count). The smallest absolute Gasteiger partial charge is 0.126 e. The van der Waals surface area contributed by atoms with Gasteiger partial charge in [0, 0.05) is 29.3 Å². The lowest BCUT2D eigenvalue weighted by molar-refractivity contribution is 0.232. The molecule has 1 aromatic rings. The van der Waals surface area contributed by atoms with Crippen LogP contribution in [0.3, 0.4) is 0 Å². The molecule has 3 heteroatoms. The van der Waals surface area contributed by atoms with Gasteiger partial charge in [0.1, 0.15) is 5.75 Å². The summed E-state index contributed by atoms with van der Waals surface area (Å²) in [5.74, 6) is 0.924. The predicted octanol–water partition coefficient (Wildman–Crippen LogP) is 2.48. The van der Waals surface area contributed by atoms with Crippen molar-refractivity contribution in [1.29, 1.82) is 0 Å². The van der Waals surface area contributed by atoms with E-state index in [4.69, 9.17) is 10.5 Å². The van der Waals surface area contributed by atoms with E-state index in [9.17, 15) is 0 Å². The second kappa shape index (κ2) is 3.98. The second-order valence-corrected chi connectivity index (χ2v) is 5.34. The van der Waals surface area contributed by atoms with Gasteiger partial charge in [-0.25, -0.2) is 0 Å². The molecule has 3 nitrogen and oxygen atoms in total. The highest BCUT2D eigenvalue weighted by Gasteiger charge is 2.26. The Hall–Kier alpha value is -1.22. The summed E-state index contributed by atoms with van der Waals surface area (Å²) in [6, 6.07) is 6.16. The standard InChI is InChI=1S/C13H20N2O/c1-13(2,3)15-10-7-8-16-11-6-4-5-9(14)12(10)11/h4-6,10,15H,7-8,14H2,1-3H3. The van der Waals surface area contributed by atoms with Crippen LogP contribution in [-0.4, -0.2) is 12.1 Å². The van der Waals surface area contributed by atoms with E-state index in [-0.39, 0.29) is 5.54 Å². The number of hydrogen-bond donors (Lipinski definition) is 2. The summed E-state index contributed by atoms with van der Waals surface area (Å²) in [6.07, 6.45) is 0.971. The molecule has 1 aromatic carbocycles. The third-order valence-electron chi connectivity index (χ3n) is 2.72. The van der Waals surface area contributed by atoms with Gasteiger partial charge in [0.15, 0.2) is 0 Å². The summed E-state index contributed by atoms with van der Waals surface area (Å²) in [5, 5.41) is 3.60. The van der Waals surface area contributed by atoms with Crippen LogP contribution in [0.2, 0.25) is 0 Å². The molecule has 0 bridgehead atoms. The summed E-state index contributed by atoms with van der Waals surface area (Å²) in [4.78, 5) is 0. The molecule has 3 N–H and O–H groups in total. The first-order chi connectivity index (χ1) is 7.47. The number of nitrogens with one attached hydrogen (secondary N) is 1. The van der Waals surface area contributed by atoms with Gasteiger partial charge in [-0.3, -0.25) is 0 Å². The first kappa shape index (κ1) is 11.3. The zero-order chi connectivity index (χ0) is 11.8. The highest BCUT2D eigenvalue weighted by Crippen LogP contribution is 2.36. The predicted molar refractivity (Wildman–Crippen MR) is 66.6 cm³/mol. The van der Waals surface area contributed by atoms with Crippen LogP contribution in [0.5, 0.6) is 5.75 Å². The molecule has 0 saturated carbocycles. The van der Waals surface area contributed by atoms with Crippen LogP contribution >= 0.6 is 0 Å². The minimum atomic E-state index is 0.0849. The fourth-order valence-corrected chi connectivity index (χ4v) is 2.16. The highest BCUT2D eigenvalue weighted by molar-refractivity contribution is 5.56. The average Bonchev–Trinajstić information content (AvgIpc) is 2.15. The van der Waals surface area contributed by atoms with Crippen LogP contribution in [0.4, 0.5) is 5.69 Å². The van der Waals surface area contributed by atoms with Crippen molar-refractivity contribution in [2.45, 2.75) is 38.8 Å². The first-order valence-electron chi connectivity index (χ1n) is 5.76. The molecular weight excluding hydrogens is 200 g/mol. The van der Waals surface area contributed by atoms with E-state index in [0.717, 1.165) is 30.0 Å². The molecule has 1 atom stereocenters. The number of fused-ring (bicyclic) bond motifs is 1. The van der Waals surface area contributed by atoms with Crippen molar-refractivity contribution in [2.75, 3.05) is 12.3 Å². The maximum atomic E-state index is 6.03. The van der Waals surface area contributed by atoms with E-state index in [0.29, 0.717) is 6.04 Å². The number of anilines is 1. The Balaban J connectivity index is 2.32. The fraction of sp³-hybridized carbons (Fsp3) is 0.538. The second-order valence-electron chi connectivity index (χ2n) is 5.34. The lowest BCUT2D eigenvalue weighted by atomic mass is 9.95. The number of hydrogen-bond acceptors (Lipinski definition) is 3. The summed E-state index contributed by atoms with van der Waals surface area (Å²) < 4.78 is 5.63. The Morgan fingerprint density at radius 3 is 2.81 bits per heavy atom. The molecule has 0 spiro atoms. The van der Waals surface area contributed by atoms with Crippen LogP contribution in [0.15, 0.2) is 18.2 Å². The Morgan fingerprint density at radius 1 is 1.38 bits per heavy atom. The SMILES string of the molecule is CC(C)(C)NC1CCOc2cccc(N)c21. The summed E-state index contributed by atoms with van der Waals surface area (Å²) in [6.45, 7) is 7.26. The highest BCUT2D eigenvalue weighted by atomic mass is 16.5. The largest absolute Gasteiger partial charge is 0.493 e. The molecule has 0 fully saturated rings. The topological polar surface area (TPSA) is 47.3 Å². The fourth-order valence-electron chi connectivity index (χ4n) is 2.16. The van der Waals surface area contributed by atoms with Crippen molar-refractivity contribution in [3.8, 4) is 5.75 Å². The molecule has 0 amide bonds. The van der Waals surface area contributed by atoms with Crippen molar-refractivity contribution in [3.63, 3.8) is 0 Å². The molecule has 1 heterocycles. The summed E-state index contributed by atoms with van der Waals surface area (Å²) >= 11 is 0. The van der Waals surface area contributed by atoms with Gasteiger partial charge in [0.05, 0.1) is 6.61 Å². The number of nitrogen functional groups attached to an aromatic ring is 1. The molecule has 16 heavy (non-hydrogen) atoms. The first-order valence-corrected chi connectivity index (χ1v) is 5.76. The minimum Gasteiger partial charge on any atom is -0.493 e. The molecule has 1 unspecified atom stereocenters. The molecule has 0 aromatic heterocycles.